The zero-order valence-electron chi connectivity index (χ0n) is 13.3. The van der Waals surface area contributed by atoms with Crippen molar-refractivity contribution in [3.63, 3.8) is 0 Å². The van der Waals surface area contributed by atoms with Gasteiger partial charge in [0, 0.05) is 13.1 Å². The van der Waals surface area contributed by atoms with E-state index in [1.807, 2.05) is 13.1 Å². The van der Waals surface area contributed by atoms with Crippen LogP contribution in [0.5, 0.6) is 0 Å². The van der Waals surface area contributed by atoms with Gasteiger partial charge in [0.2, 0.25) is 10.0 Å². The van der Waals surface area contributed by atoms with E-state index in [-0.39, 0.29) is 4.90 Å². The smallest absolute Gasteiger partial charge is 0.244 e. The second-order valence-electron chi connectivity index (χ2n) is 5.94. The fourth-order valence-electron chi connectivity index (χ4n) is 3.03. The van der Waals surface area contributed by atoms with E-state index >= 15 is 0 Å². The Morgan fingerprint density at radius 2 is 2.18 bits per heavy atom. The van der Waals surface area contributed by atoms with Gasteiger partial charge < -0.3 is 5.32 Å². The van der Waals surface area contributed by atoms with Crippen molar-refractivity contribution in [1.29, 1.82) is 0 Å². The van der Waals surface area contributed by atoms with Gasteiger partial charge in [-0.05, 0) is 56.5 Å². The third-order valence-corrected chi connectivity index (χ3v) is 6.47. The summed E-state index contributed by atoms with van der Waals surface area (Å²) < 4.78 is 27.5. The molecule has 0 saturated carbocycles. The lowest BCUT2D eigenvalue weighted by atomic mass is 10.00. The maximum Gasteiger partial charge on any atom is 0.244 e. The van der Waals surface area contributed by atoms with E-state index < -0.39 is 10.0 Å². The van der Waals surface area contributed by atoms with Gasteiger partial charge in [0.05, 0.1) is 5.02 Å². The van der Waals surface area contributed by atoms with Crippen molar-refractivity contribution in [2.45, 2.75) is 37.5 Å². The number of sulfonamides is 1. The maximum atomic E-state index is 12.9. The molecule has 1 N–H and O–H groups in total. The molecular weight excluding hydrogens is 320 g/mol. The lowest BCUT2D eigenvalue weighted by molar-refractivity contribution is 0.263. The molecule has 1 heterocycles. The van der Waals surface area contributed by atoms with Crippen LogP contribution in [0.1, 0.15) is 31.7 Å². The highest BCUT2D eigenvalue weighted by atomic mass is 35.5. The second kappa shape index (κ2) is 7.77. The van der Waals surface area contributed by atoms with Gasteiger partial charge in [-0.25, -0.2) is 8.42 Å². The van der Waals surface area contributed by atoms with Gasteiger partial charge in [0.1, 0.15) is 4.90 Å². The summed E-state index contributed by atoms with van der Waals surface area (Å²) in [5, 5.41) is 3.45. The number of hydrogen-bond acceptors (Lipinski definition) is 3. The molecular formula is C16H25ClN2O2S. The molecule has 1 fully saturated rings. The number of hydrogen-bond donors (Lipinski definition) is 1. The van der Waals surface area contributed by atoms with Crippen LogP contribution in [-0.4, -0.2) is 39.4 Å². The summed E-state index contributed by atoms with van der Waals surface area (Å²) in [6.07, 6.45) is 3.81. The molecule has 0 radical (unpaired) electrons. The Balaban J connectivity index is 2.27. The van der Waals surface area contributed by atoms with Crippen LogP contribution in [0.25, 0.3) is 0 Å². The summed E-state index contributed by atoms with van der Waals surface area (Å²) in [5.74, 6) is 0.367. The second-order valence-corrected chi connectivity index (χ2v) is 8.26. The molecule has 0 bridgehead atoms. The van der Waals surface area contributed by atoms with Crippen molar-refractivity contribution in [3.05, 3.63) is 28.8 Å². The monoisotopic (exact) mass is 344 g/mol. The van der Waals surface area contributed by atoms with E-state index in [1.54, 1.807) is 16.4 Å². The van der Waals surface area contributed by atoms with Crippen molar-refractivity contribution in [3.8, 4) is 0 Å². The molecule has 1 aliphatic rings. The fourth-order valence-corrected chi connectivity index (χ4v) is 5.11. The van der Waals surface area contributed by atoms with Gasteiger partial charge in [0.25, 0.3) is 0 Å². The molecule has 1 saturated heterocycles. The summed E-state index contributed by atoms with van der Waals surface area (Å²) >= 11 is 6.18. The summed E-state index contributed by atoms with van der Waals surface area (Å²) in [5.41, 5.74) is 1.02. The minimum Gasteiger partial charge on any atom is -0.319 e. The Kier molecular flexibility index (Phi) is 6.26. The molecule has 0 aromatic heterocycles. The zero-order valence-corrected chi connectivity index (χ0v) is 14.9. The lowest BCUT2D eigenvalue weighted by Gasteiger charge is -2.32. The molecule has 1 atom stereocenters. The summed E-state index contributed by atoms with van der Waals surface area (Å²) in [4.78, 5) is 0.255. The molecule has 124 valence electrons. The van der Waals surface area contributed by atoms with Crippen LogP contribution in [0.3, 0.4) is 0 Å². The Labute approximate surface area is 138 Å². The Hall–Kier alpha value is -0.620. The lowest BCUT2D eigenvalue weighted by Crippen LogP contribution is -2.42. The number of nitrogens with zero attached hydrogens (tertiary/aromatic N) is 1. The van der Waals surface area contributed by atoms with Crippen LogP contribution in [0.2, 0.25) is 5.02 Å². The predicted molar refractivity (Wildman–Crippen MR) is 90.9 cm³/mol. The third kappa shape index (κ3) is 4.02. The molecule has 2 rings (SSSR count). The van der Waals surface area contributed by atoms with Gasteiger partial charge in [-0.1, -0.05) is 31.0 Å². The van der Waals surface area contributed by atoms with E-state index in [4.69, 9.17) is 11.6 Å². The highest BCUT2D eigenvalue weighted by Gasteiger charge is 2.31. The predicted octanol–water partition coefficient (Wildman–Crippen LogP) is 2.91. The molecule has 6 heteroatoms. The van der Waals surface area contributed by atoms with Gasteiger partial charge in [-0.2, -0.15) is 4.31 Å². The van der Waals surface area contributed by atoms with Crippen LogP contribution in [0.15, 0.2) is 23.1 Å². The van der Waals surface area contributed by atoms with Crippen molar-refractivity contribution in [2.24, 2.45) is 5.92 Å². The van der Waals surface area contributed by atoms with Crippen molar-refractivity contribution in [2.75, 3.05) is 26.7 Å². The summed E-state index contributed by atoms with van der Waals surface area (Å²) in [6.45, 7) is 4.07. The molecule has 0 spiro atoms. The van der Waals surface area contributed by atoms with Crippen molar-refractivity contribution >= 4 is 21.6 Å². The number of halogens is 1. The average molecular weight is 345 g/mol. The number of piperidine rings is 1. The molecule has 1 aromatic carbocycles. The molecule has 1 aliphatic heterocycles. The first kappa shape index (κ1) is 17.7. The van der Waals surface area contributed by atoms with Crippen LogP contribution >= 0.6 is 11.6 Å². The first-order valence-electron chi connectivity index (χ1n) is 7.92. The normalized spacial score (nSPS) is 20.2. The highest BCUT2D eigenvalue weighted by molar-refractivity contribution is 7.89. The molecule has 0 aliphatic carbocycles. The number of nitrogens with one attached hydrogen (secondary N) is 1. The van der Waals surface area contributed by atoms with E-state index in [0.717, 1.165) is 37.8 Å². The van der Waals surface area contributed by atoms with E-state index in [1.165, 1.54) is 0 Å². The summed E-state index contributed by atoms with van der Waals surface area (Å²) in [6, 6.07) is 5.35. The Morgan fingerprint density at radius 1 is 1.41 bits per heavy atom. The molecule has 22 heavy (non-hydrogen) atoms. The average Bonchev–Trinajstić information content (AvgIpc) is 2.50. The van der Waals surface area contributed by atoms with Crippen molar-refractivity contribution < 1.29 is 8.42 Å². The Bertz CT molecular complexity index is 602. The minimum absolute atomic E-state index is 0.255. The van der Waals surface area contributed by atoms with E-state index in [9.17, 15) is 8.42 Å². The largest absolute Gasteiger partial charge is 0.319 e. The van der Waals surface area contributed by atoms with Gasteiger partial charge in [0.15, 0.2) is 0 Å². The molecule has 1 unspecified atom stereocenters. The number of aryl methyl sites for hydroxylation is 1. The van der Waals surface area contributed by atoms with Crippen LogP contribution < -0.4 is 5.32 Å². The highest BCUT2D eigenvalue weighted by Crippen LogP contribution is 2.29. The topological polar surface area (TPSA) is 49.4 Å². The first-order valence-corrected chi connectivity index (χ1v) is 9.74. The first-order chi connectivity index (χ1) is 10.5. The Morgan fingerprint density at radius 3 is 2.86 bits per heavy atom. The SMILES string of the molecule is CCCc1ccc(Cl)c(S(=O)(=O)N2CCCC(CNC)C2)c1. The minimum atomic E-state index is -3.51. The third-order valence-electron chi connectivity index (χ3n) is 4.13. The van der Waals surface area contributed by atoms with Crippen molar-refractivity contribution in [1.82, 2.24) is 9.62 Å². The van der Waals surface area contributed by atoms with Crippen LogP contribution in [0, 0.1) is 5.92 Å². The maximum absolute atomic E-state index is 12.9. The van der Waals surface area contributed by atoms with Crippen LogP contribution in [0.4, 0.5) is 0 Å². The van der Waals surface area contributed by atoms with E-state index in [2.05, 4.69) is 12.2 Å². The quantitative estimate of drug-likeness (QED) is 0.863. The summed E-state index contributed by atoms with van der Waals surface area (Å²) in [7, 11) is -1.61. The standard InChI is InChI=1S/C16H25ClN2O2S/c1-3-5-13-7-8-15(17)16(10-13)22(20,21)19-9-4-6-14(12-19)11-18-2/h7-8,10,14,18H,3-6,9,11-12H2,1-2H3. The van der Waals surface area contributed by atoms with Gasteiger partial charge in [-0.3, -0.25) is 0 Å². The number of benzene rings is 1. The molecule has 0 amide bonds. The van der Waals surface area contributed by atoms with E-state index in [0.29, 0.717) is 24.0 Å². The zero-order chi connectivity index (χ0) is 16.2. The molecule has 1 aromatic rings. The number of rotatable bonds is 6. The molecule has 4 nitrogen and oxygen atoms in total. The van der Waals surface area contributed by atoms with Gasteiger partial charge >= 0.3 is 0 Å². The van der Waals surface area contributed by atoms with Gasteiger partial charge in [-0.15, -0.1) is 0 Å². The van der Waals surface area contributed by atoms with Crippen LogP contribution in [-0.2, 0) is 16.4 Å². The fraction of sp³-hybridized carbons (Fsp3) is 0.625.